The molecule has 1 amide bonds. The van der Waals surface area contributed by atoms with Gasteiger partial charge in [-0.1, -0.05) is 0 Å². The van der Waals surface area contributed by atoms with E-state index in [1.54, 1.807) is 30.3 Å². The normalized spacial score (nSPS) is 26.4. The lowest BCUT2D eigenvalue weighted by Crippen LogP contribution is -2.57. The summed E-state index contributed by atoms with van der Waals surface area (Å²) in [7, 11) is 1.56. The van der Waals surface area contributed by atoms with Gasteiger partial charge in [-0.15, -0.1) is 11.3 Å². The summed E-state index contributed by atoms with van der Waals surface area (Å²) < 4.78 is 27.6. The topological polar surface area (TPSA) is 73.8 Å². The largest absolute Gasteiger partial charge is 0.345 e. The van der Waals surface area contributed by atoms with E-state index in [-0.39, 0.29) is 17.7 Å². The molecule has 1 aromatic heterocycles. The maximum Gasteiger partial charge on any atom is 0.281 e. The van der Waals surface area contributed by atoms with Crippen molar-refractivity contribution in [1.82, 2.24) is 18.5 Å². The standard InChI is InChI=1S/C17H28N4O3S2/c1-12-16(25-11-18-12)6-7-20(4)17(22)14-9-13-5-8-21(10-15(13)14)26(23,24)19(2)3/h11,13-15H,5-10H2,1-4H3/t13-,14-,15-/m1/s1. The Morgan fingerprint density at radius 1 is 1.38 bits per heavy atom. The maximum absolute atomic E-state index is 12.9. The van der Waals surface area contributed by atoms with Gasteiger partial charge in [-0.25, -0.2) is 4.98 Å². The molecule has 0 bridgehead atoms. The van der Waals surface area contributed by atoms with Crippen molar-refractivity contribution in [3.8, 4) is 0 Å². The lowest BCUT2D eigenvalue weighted by Gasteiger charge is -2.50. The average Bonchev–Trinajstić information content (AvgIpc) is 2.98. The molecule has 0 radical (unpaired) electrons. The molecule has 146 valence electrons. The molecular weight excluding hydrogens is 372 g/mol. The van der Waals surface area contributed by atoms with Crippen LogP contribution >= 0.6 is 11.3 Å². The van der Waals surface area contributed by atoms with Crippen molar-refractivity contribution < 1.29 is 13.2 Å². The molecule has 2 fully saturated rings. The summed E-state index contributed by atoms with van der Waals surface area (Å²) >= 11 is 1.63. The predicted octanol–water partition coefficient (Wildman–Crippen LogP) is 1.22. The van der Waals surface area contributed by atoms with Gasteiger partial charge in [-0.3, -0.25) is 4.79 Å². The number of rotatable bonds is 6. The fourth-order valence-corrected chi connectivity index (χ4v) is 5.93. The monoisotopic (exact) mass is 400 g/mol. The third kappa shape index (κ3) is 3.67. The van der Waals surface area contributed by atoms with Crippen molar-refractivity contribution in [2.45, 2.75) is 26.2 Å². The molecular formula is C17H28N4O3S2. The summed E-state index contributed by atoms with van der Waals surface area (Å²) in [5.41, 5.74) is 2.88. The first-order chi connectivity index (χ1) is 12.2. The van der Waals surface area contributed by atoms with E-state index in [0.29, 0.717) is 25.6 Å². The highest BCUT2D eigenvalue weighted by Crippen LogP contribution is 2.46. The van der Waals surface area contributed by atoms with Crippen LogP contribution in [-0.4, -0.2) is 73.6 Å². The number of fused-ring (bicyclic) bond motifs is 1. The molecule has 7 nitrogen and oxygen atoms in total. The van der Waals surface area contributed by atoms with Crippen LogP contribution in [0.25, 0.3) is 0 Å². The molecule has 9 heteroatoms. The summed E-state index contributed by atoms with van der Waals surface area (Å²) in [5, 5.41) is 0. The Balaban J connectivity index is 1.58. The zero-order valence-electron chi connectivity index (χ0n) is 15.9. The number of hydrogen-bond donors (Lipinski definition) is 0. The first-order valence-electron chi connectivity index (χ1n) is 9.03. The van der Waals surface area contributed by atoms with Gasteiger partial charge in [0.05, 0.1) is 11.2 Å². The number of aryl methyl sites for hydroxylation is 1. The minimum Gasteiger partial charge on any atom is -0.345 e. The van der Waals surface area contributed by atoms with Crippen molar-refractivity contribution in [3.05, 3.63) is 16.1 Å². The molecule has 0 aromatic carbocycles. The highest BCUT2D eigenvalue weighted by atomic mass is 32.2. The van der Waals surface area contributed by atoms with Crippen LogP contribution in [0.4, 0.5) is 0 Å². The second-order valence-electron chi connectivity index (χ2n) is 7.57. The fourth-order valence-electron chi connectivity index (χ4n) is 4.01. The van der Waals surface area contributed by atoms with Gasteiger partial charge in [0.25, 0.3) is 10.2 Å². The lowest BCUT2D eigenvalue weighted by atomic mass is 9.61. The van der Waals surface area contributed by atoms with Gasteiger partial charge >= 0.3 is 0 Å². The van der Waals surface area contributed by atoms with Gasteiger partial charge < -0.3 is 4.90 Å². The average molecular weight is 401 g/mol. The van der Waals surface area contributed by atoms with E-state index in [9.17, 15) is 13.2 Å². The summed E-state index contributed by atoms with van der Waals surface area (Å²) in [4.78, 5) is 20.1. The molecule has 1 saturated carbocycles. The Hall–Kier alpha value is -1.03. The lowest BCUT2D eigenvalue weighted by molar-refractivity contribution is -0.145. The van der Waals surface area contributed by atoms with E-state index < -0.39 is 10.2 Å². The third-order valence-electron chi connectivity index (χ3n) is 5.84. The van der Waals surface area contributed by atoms with Crippen molar-refractivity contribution >= 4 is 27.5 Å². The number of likely N-dealkylation sites (N-methyl/N-ethyl adjacent to an activating group) is 1. The van der Waals surface area contributed by atoms with Gasteiger partial charge in [0.2, 0.25) is 5.91 Å². The number of carbonyl (C=O) groups excluding carboxylic acids is 1. The van der Waals surface area contributed by atoms with Gasteiger partial charge in [0, 0.05) is 58.0 Å². The van der Waals surface area contributed by atoms with Crippen molar-refractivity contribution in [1.29, 1.82) is 0 Å². The Bertz CT molecular complexity index is 762. The van der Waals surface area contributed by atoms with Crippen molar-refractivity contribution in [3.63, 3.8) is 0 Å². The van der Waals surface area contributed by atoms with E-state index in [0.717, 1.165) is 25.0 Å². The van der Waals surface area contributed by atoms with E-state index in [1.165, 1.54) is 13.5 Å². The predicted molar refractivity (Wildman–Crippen MR) is 102 cm³/mol. The molecule has 1 aromatic rings. The highest BCUT2D eigenvalue weighted by molar-refractivity contribution is 7.86. The zero-order chi connectivity index (χ0) is 19.1. The van der Waals surface area contributed by atoms with Crippen molar-refractivity contribution in [2.75, 3.05) is 40.8 Å². The van der Waals surface area contributed by atoms with Gasteiger partial charge in [0.15, 0.2) is 0 Å². The highest BCUT2D eigenvalue weighted by Gasteiger charge is 2.50. The smallest absolute Gasteiger partial charge is 0.281 e. The van der Waals surface area contributed by atoms with Gasteiger partial charge in [-0.2, -0.15) is 17.0 Å². The summed E-state index contributed by atoms with van der Waals surface area (Å²) in [6.45, 7) is 3.69. The van der Waals surface area contributed by atoms with E-state index in [4.69, 9.17) is 0 Å². The number of amides is 1. The molecule has 0 N–H and O–H groups in total. The van der Waals surface area contributed by atoms with Crippen molar-refractivity contribution in [2.24, 2.45) is 17.8 Å². The molecule has 2 aliphatic rings. The Kier molecular flexibility index (Phi) is 5.72. The second kappa shape index (κ2) is 7.53. The Morgan fingerprint density at radius 3 is 2.73 bits per heavy atom. The second-order valence-corrected chi connectivity index (χ2v) is 10.7. The van der Waals surface area contributed by atoms with Crippen LogP contribution in [-0.2, 0) is 21.4 Å². The van der Waals surface area contributed by atoms with E-state index >= 15 is 0 Å². The SMILES string of the molecule is Cc1ncsc1CCN(C)C(=O)[C@@H]1C[C@H]2CCN(S(=O)(=O)N(C)C)C[C@H]21. The van der Waals surface area contributed by atoms with E-state index in [1.807, 2.05) is 19.5 Å². The molecule has 3 rings (SSSR count). The summed E-state index contributed by atoms with van der Waals surface area (Å²) in [5.74, 6) is 0.735. The first kappa shape index (κ1) is 19.7. The molecule has 3 atom stereocenters. The Morgan fingerprint density at radius 2 is 2.12 bits per heavy atom. The minimum absolute atomic E-state index is 0.0484. The van der Waals surface area contributed by atoms with Crippen LogP contribution < -0.4 is 0 Å². The minimum atomic E-state index is -3.40. The van der Waals surface area contributed by atoms with Crippen LogP contribution in [0.3, 0.4) is 0 Å². The van der Waals surface area contributed by atoms with Crippen LogP contribution in [0.15, 0.2) is 5.51 Å². The number of carbonyl (C=O) groups is 1. The Labute approximate surface area is 160 Å². The molecule has 1 aliphatic carbocycles. The van der Waals surface area contributed by atoms with Gasteiger partial charge in [-0.05, 0) is 31.6 Å². The molecule has 26 heavy (non-hydrogen) atoms. The number of hydrogen-bond acceptors (Lipinski definition) is 5. The quantitative estimate of drug-likeness (QED) is 0.720. The summed E-state index contributed by atoms with van der Waals surface area (Å²) in [6, 6.07) is 0. The van der Waals surface area contributed by atoms with Crippen LogP contribution in [0, 0.1) is 24.7 Å². The molecule has 2 heterocycles. The van der Waals surface area contributed by atoms with E-state index in [2.05, 4.69) is 4.98 Å². The molecule has 0 unspecified atom stereocenters. The third-order valence-corrected chi connectivity index (χ3v) is 8.75. The zero-order valence-corrected chi connectivity index (χ0v) is 17.5. The number of piperidine rings is 1. The number of thiazole rings is 1. The number of nitrogens with zero attached hydrogens (tertiary/aromatic N) is 4. The fraction of sp³-hybridized carbons (Fsp3) is 0.765. The molecule has 1 saturated heterocycles. The van der Waals surface area contributed by atoms with Crippen LogP contribution in [0.2, 0.25) is 0 Å². The summed E-state index contributed by atoms with van der Waals surface area (Å²) in [6.07, 6.45) is 2.56. The van der Waals surface area contributed by atoms with Crippen LogP contribution in [0.1, 0.15) is 23.4 Å². The molecule has 1 aliphatic heterocycles. The van der Waals surface area contributed by atoms with Gasteiger partial charge in [0.1, 0.15) is 0 Å². The molecule has 0 spiro atoms. The number of aromatic nitrogens is 1. The van der Waals surface area contributed by atoms with Crippen LogP contribution in [0.5, 0.6) is 0 Å². The first-order valence-corrected chi connectivity index (χ1v) is 11.3. The maximum atomic E-state index is 12.9.